The van der Waals surface area contributed by atoms with Crippen LogP contribution in [0, 0.1) is 6.92 Å². The van der Waals surface area contributed by atoms with Gasteiger partial charge in [0.05, 0.1) is 11.8 Å². The van der Waals surface area contributed by atoms with Gasteiger partial charge < -0.3 is 5.11 Å². The summed E-state index contributed by atoms with van der Waals surface area (Å²) in [4.78, 5) is 4.51. The molecule has 2 heteroatoms. The van der Waals surface area contributed by atoms with E-state index < -0.39 is 0 Å². The summed E-state index contributed by atoms with van der Waals surface area (Å²) < 4.78 is 0. The maximum atomic E-state index is 10.0. The zero-order chi connectivity index (χ0) is 10.8. The first kappa shape index (κ1) is 10.6. The standard InChI is InChI=1S/C13H19NO/c1-3-10-8-9(2)14-13-11(10)6-4-5-7-12(13)15/h8,12,15H,3-7H2,1-2H3. The van der Waals surface area contributed by atoms with E-state index in [1.165, 1.54) is 17.5 Å². The van der Waals surface area contributed by atoms with E-state index in [-0.39, 0.29) is 6.10 Å². The Balaban J connectivity index is 2.52. The van der Waals surface area contributed by atoms with Crippen molar-refractivity contribution in [2.75, 3.05) is 0 Å². The highest BCUT2D eigenvalue weighted by Crippen LogP contribution is 2.29. The maximum Gasteiger partial charge on any atom is 0.0962 e. The molecule has 2 rings (SSSR count). The lowest BCUT2D eigenvalue weighted by Gasteiger charge is -2.15. The van der Waals surface area contributed by atoms with Crippen molar-refractivity contribution in [3.05, 3.63) is 28.6 Å². The first-order valence-electron chi connectivity index (χ1n) is 5.89. The smallest absolute Gasteiger partial charge is 0.0962 e. The van der Waals surface area contributed by atoms with Gasteiger partial charge in [-0.2, -0.15) is 0 Å². The van der Waals surface area contributed by atoms with Crippen molar-refractivity contribution in [2.45, 2.75) is 52.1 Å². The Morgan fingerprint density at radius 2 is 2.27 bits per heavy atom. The van der Waals surface area contributed by atoms with Crippen molar-refractivity contribution < 1.29 is 5.11 Å². The average molecular weight is 205 g/mol. The molecule has 0 aromatic carbocycles. The van der Waals surface area contributed by atoms with Crippen LogP contribution in [0.15, 0.2) is 6.07 Å². The molecule has 1 atom stereocenters. The Bertz CT molecular complexity index is 360. The molecular formula is C13H19NO. The van der Waals surface area contributed by atoms with Gasteiger partial charge in [-0.05, 0) is 49.8 Å². The first-order chi connectivity index (χ1) is 7.22. The summed E-state index contributed by atoms with van der Waals surface area (Å²) in [6, 6.07) is 2.16. The highest BCUT2D eigenvalue weighted by atomic mass is 16.3. The van der Waals surface area contributed by atoms with Crippen LogP contribution in [-0.4, -0.2) is 10.1 Å². The van der Waals surface area contributed by atoms with Crippen molar-refractivity contribution in [3.63, 3.8) is 0 Å². The van der Waals surface area contributed by atoms with Gasteiger partial charge in [-0.15, -0.1) is 0 Å². The summed E-state index contributed by atoms with van der Waals surface area (Å²) in [6.45, 7) is 4.18. The molecule has 0 spiro atoms. The number of pyridine rings is 1. The van der Waals surface area contributed by atoms with Gasteiger partial charge in [-0.3, -0.25) is 4.98 Å². The van der Waals surface area contributed by atoms with E-state index in [4.69, 9.17) is 0 Å². The van der Waals surface area contributed by atoms with Gasteiger partial charge in [0, 0.05) is 5.69 Å². The Morgan fingerprint density at radius 1 is 1.47 bits per heavy atom. The topological polar surface area (TPSA) is 33.1 Å². The molecule has 1 N–H and O–H groups in total. The van der Waals surface area contributed by atoms with E-state index >= 15 is 0 Å². The zero-order valence-electron chi connectivity index (χ0n) is 9.58. The Morgan fingerprint density at radius 3 is 3.00 bits per heavy atom. The fraction of sp³-hybridized carbons (Fsp3) is 0.615. The summed E-state index contributed by atoms with van der Waals surface area (Å²) in [5, 5.41) is 10.0. The van der Waals surface area contributed by atoms with Crippen LogP contribution >= 0.6 is 0 Å². The molecule has 1 aliphatic rings. The largest absolute Gasteiger partial charge is 0.387 e. The third-order valence-electron chi connectivity index (χ3n) is 3.23. The first-order valence-corrected chi connectivity index (χ1v) is 5.89. The van der Waals surface area contributed by atoms with E-state index in [0.717, 1.165) is 37.1 Å². The molecular weight excluding hydrogens is 186 g/mol. The van der Waals surface area contributed by atoms with Gasteiger partial charge in [-0.1, -0.05) is 13.3 Å². The van der Waals surface area contributed by atoms with Crippen LogP contribution in [0.25, 0.3) is 0 Å². The monoisotopic (exact) mass is 205 g/mol. The lowest BCUT2D eigenvalue weighted by Crippen LogP contribution is -2.06. The summed E-state index contributed by atoms with van der Waals surface area (Å²) >= 11 is 0. The molecule has 0 fully saturated rings. The fourth-order valence-corrected chi connectivity index (χ4v) is 2.45. The van der Waals surface area contributed by atoms with E-state index in [1.54, 1.807) is 0 Å². The number of aromatic nitrogens is 1. The third kappa shape index (κ3) is 2.05. The molecule has 0 aliphatic heterocycles. The van der Waals surface area contributed by atoms with Crippen molar-refractivity contribution in [3.8, 4) is 0 Å². The number of aliphatic hydroxyl groups is 1. The molecule has 1 unspecified atom stereocenters. The minimum atomic E-state index is -0.340. The van der Waals surface area contributed by atoms with Gasteiger partial charge in [0.15, 0.2) is 0 Å². The second kappa shape index (κ2) is 4.31. The number of nitrogens with zero attached hydrogens (tertiary/aromatic N) is 1. The molecule has 1 aromatic rings. The second-order valence-corrected chi connectivity index (χ2v) is 4.40. The predicted molar refractivity (Wildman–Crippen MR) is 60.9 cm³/mol. The van der Waals surface area contributed by atoms with Gasteiger partial charge >= 0.3 is 0 Å². The Labute approximate surface area is 91.4 Å². The third-order valence-corrected chi connectivity index (χ3v) is 3.23. The van der Waals surface area contributed by atoms with E-state index in [0.29, 0.717) is 0 Å². The summed E-state index contributed by atoms with van der Waals surface area (Å²) in [5.41, 5.74) is 4.67. The molecule has 1 heterocycles. The number of rotatable bonds is 1. The van der Waals surface area contributed by atoms with Crippen LogP contribution in [0.1, 0.15) is 54.8 Å². The molecule has 0 radical (unpaired) electrons. The van der Waals surface area contributed by atoms with Crippen LogP contribution < -0.4 is 0 Å². The minimum Gasteiger partial charge on any atom is -0.387 e. The maximum absolute atomic E-state index is 10.0. The van der Waals surface area contributed by atoms with Crippen LogP contribution in [0.2, 0.25) is 0 Å². The van der Waals surface area contributed by atoms with Crippen LogP contribution in [0.3, 0.4) is 0 Å². The number of aliphatic hydroxyl groups excluding tert-OH is 1. The molecule has 2 nitrogen and oxygen atoms in total. The van der Waals surface area contributed by atoms with Gasteiger partial charge in [0.25, 0.3) is 0 Å². The molecule has 1 aromatic heterocycles. The summed E-state index contributed by atoms with van der Waals surface area (Å²) in [6.07, 6.45) is 4.95. The quantitative estimate of drug-likeness (QED) is 0.715. The molecule has 0 saturated carbocycles. The molecule has 0 saturated heterocycles. The fourth-order valence-electron chi connectivity index (χ4n) is 2.45. The van der Waals surface area contributed by atoms with Gasteiger partial charge in [0.1, 0.15) is 0 Å². The lowest BCUT2D eigenvalue weighted by atomic mass is 9.98. The molecule has 0 amide bonds. The average Bonchev–Trinajstić information content (AvgIpc) is 2.40. The number of hydrogen-bond donors (Lipinski definition) is 1. The van der Waals surface area contributed by atoms with Crippen molar-refractivity contribution in [2.24, 2.45) is 0 Å². The van der Waals surface area contributed by atoms with Crippen molar-refractivity contribution >= 4 is 0 Å². The molecule has 82 valence electrons. The van der Waals surface area contributed by atoms with Crippen molar-refractivity contribution in [1.82, 2.24) is 4.98 Å². The Kier molecular flexibility index (Phi) is 3.06. The predicted octanol–water partition coefficient (Wildman–Crippen LogP) is 2.71. The second-order valence-electron chi connectivity index (χ2n) is 4.40. The lowest BCUT2D eigenvalue weighted by molar-refractivity contribution is 0.162. The van der Waals surface area contributed by atoms with Gasteiger partial charge in [-0.25, -0.2) is 0 Å². The van der Waals surface area contributed by atoms with Crippen LogP contribution in [0.4, 0.5) is 0 Å². The van der Waals surface area contributed by atoms with E-state index in [2.05, 4.69) is 18.0 Å². The normalized spacial score (nSPS) is 20.9. The van der Waals surface area contributed by atoms with Crippen LogP contribution in [0.5, 0.6) is 0 Å². The van der Waals surface area contributed by atoms with E-state index in [1.807, 2.05) is 6.92 Å². The van der Waals surface area contributed by atoms with E-state index in [9.17, 15) is 5.11 Å². The molecule has 0 bridgehead atoms. The molecule has 1 aliphatic carbocycles. The zero-order valence-corrected chi connectivity index (χ0v) is 9.58. The van der Waals surface area contributed by atoms with Crippen LogP contribution in [-0.2, 0) is 12.8 Å². The summed E-state index contributed by atoms with van der Waals surface area (Å²) in [7, 11) is 0. The SMILES string of the molecule is CCc1cc(C)nc2c1CCCCC2O. The minimum absolute atomic E-state index is 0.340. The van der Waals surface area contributed by atoms with Crippen molar-refractivity contribution in [1.29, 1.82) is 0 Å². The number of aryl methyl sites for hydroxylation is 2. The number of fused-ring (bicyclic) bond motifs is 1. The highest BCUT2D eigenvalue weighted by Gasteiger charge is 2.20. The van der Waals surface area contributed by atoms with Gasteiger partial charge in [0.2, 0.25) is 0 Å². The number of hydrogen-bond acceptors (Lipinski definition) is 2. The Hall–Kier alpha value is -0.890. The molecule has 15 heavy (non-hydrogen) atoms. The highest BCUT2D eigenvalue weighted by molar-refractivity contribution is 5.34. The summed E-state index contributed by atoms with van der Waals surface area (Å²) in [5.74, 6) is 0.